The molecule has 1 aliphatic rings. The van der Waals surface area contributed by atoms with Crippen molar-refractivity contribution in [3.8, 4) is 0 Å². The van der Waals surface area contributed by atoms with Crippen molar-refractivity contribution in [2.24, 2.45) is 0 Å². The van der Waals surface area contributed by atoms with Crippen molar-refractivity contribution in [3.05, 3.63) is 47.4 Å². The van der Waals surface area contributed by atoms with Crippen LogP contribution < -0.4 is 11.1 Å². The highest BCUT2D eigenvalue weighted by Crippen LogP contribution is 2.34. The number of nitrogens with zero attached hydrogens (tertiary/aromatic N) is 2. The summed E-state index contributed by atoms with van der Waals surface area (Å²) < 4.78 is 18.0. The summed E-state index contributed by atoms with van der Waals surface area (Å²) in [5, 5.41) is 3.02. The first-order valence-electron chi connectivity index (χ1n) is 13.7. The fraction of sp³-hybridized carbons (Fsp3) is 0.517. The number of anilines is 2. The molecule has 11 heteroatoms. The quantitative estimate of drug-likeness (QED) is 0.191. The van der Waals surface area contributed by atoms with E-state index < -0.39 is 25.9 Å². The number of nitrogens with one attached hydrogen (secondary N) is 1. The lowest BCUT2D eigenvalue weighted by Gasteiger charge is -2.22. The maximum absolute atomic E-state index is 13.4. The van der Waals surface area contributed by atoms with Gasteiger partial charge >= 0.3 is 11.9 Å². The van der Waals surface area contributed by atoms with Crippen LogP contribution in [0.25, 0.3) is 5.57 Å². The Labute approximate surface area is 237 Å². The van der Waals surface area contributed by atoms with Gasteiger partial charge in [0.05, 0.1) is 12.1 Å². The van der Waals surface area contributed by atoms with Crippen LogP contribution in [0.15, 0.2) is 30.5 Å². The highest BCUT2D eigenvalue weighted by molar-refractivity contribution is 6.76. The summed E-state index contributed by atoms with van der Waals surface area (Å²) in [4.78, 5) is 40.6. The third kappa shape index (κ3) is 9.63. The Morgan fingerprint density at radius 3 is 2.40 bits per heavy atom. The Morgan fingerprint density at radius 2 is 1.80 bits per heavy atom. The minimum absolute atomic E-state index is 0.0707. The summed E-state index contributed by atoms with van der Waals surface area (Å²) in [6, 6.07) is 6.67. The predicted molar refractivity (Wildman–Crippen MR) is 158 cm³/mol. The largest absolute Gasteiger partial charge is 0.465 e. The molecule has 0 bridgehead atoms. The first-order valence-corrected chi connectivity index (χ1v) is 17.5. The van der Waals surface area contributed by atoms with Crippen LogP contribution in [0.3, 0.4) is 0 Å². The molecule has 1 amide bonds. The monoisotopic (exact) mass is 570 g/mol. The summed E-state index contributed by atoms with van der Waals surface area (Å²) in [5.74, 6) is -1.17. The number of ether oxygens (including phenoxy) is 3. The van der Waals surface area contributed by atoms with E-state index in [2.05, 4.69) is 36.0 Å². The van der Waals surface area contributed by atoms with Crippen LogP contribution in [0.2, 0.25) is 25.7 Å². The average molecular weight is 571 g/mol. The van der Waals surface area contributed by atoms with Gasteiger partial charge in [0.25, 0.3) is 5.91 Å². The lowest BCUT2D eigenvalue weighted by Crippen LogP contribution is -2.23. The van der Waals surface area contributed by atoms with Crippen LogP contribution in [-0.2, 0) is 30.5 Å². The maximum Gasteiger partial charge on any atom is 0.302 e. The Bertz CT molecular complexity index is 1220. The van der Waals surface area contributed by atoms with Gasteiger partial charge < -0.3 is 29.8 Å². The van der Waals surface area contributed by atoms with E-state index in [9.17, 15) is 14.4 Å². The Morgan fingerprint density at radius 1 is 1.10 bits per heavy atom. The number of allylic oxidation sites excluding steroid dienone is 2. The second kappa shape index (κ2) is 14.3. The minimum Gasteiger partial charge on any atom is -0.465 e. The number of aromatic nitrogens is 2. The van der Waals surface area contributed by atoms with E-state index in [1.807, 2.05) is 18.2 Å². The topological polar surface area (TPSA) is 135 Å². The molecule has 0 spiro atoms. The molecule has 1 heterocycles. The number of imidazole rings is 1. The Hall–Kier alpha value is -3.44. The number of esters is 2. The molecule has 3 N–H and O–H groups in total. The molecule has 1 aromatic heterocycles. The summed E-state index contributed by atoms with van der Waals surface area (Å²) in [7, 11) is -1.24. The van der Waals surface area contributed by atoms with E-state index in [-0.39, 0.29) is 37.5 Å². The molecule has 10 nitrogen and oxygen atoms in total. The van der Waals surface area contributed by atoms with Crippen molar-refractivity contribution in [2.75, 3.05) is 30.9 Å². The number of hydrogen-bond donors (Lipinski definition) is 2. The zero-order valence-electron chi connectivity index (χ0n) is 24.2. The Balaban J connectivity index is 1.87. The van der Waals surface area contributed by atoms with Gasteiger partial charge in [0, 0.05) is 39.8 Å². The van der Waals surface area contributed by atoms with Crippen LogP contribution in [0, 0.1) is 0 Å². The van der Waals surface area contributed by atoms with Crippen LogP contribution >= 0.6 is 0 Å². The molecule has 0 fully saturated rings. The number of carbonyl (C=O) groups excluding carboxylic acids is 3. The molecule has 0 unspecified atom stereocenters. The highest BCUT2D eigenvalue weighted by Gasteiger charge is 2.22. The van der Waals surface area contributed by atoms with Gasteiger partial charge in [-0.25, -0.2) is 4.98 Å². The van der Waals surface area contributed by atoms with Gasteiger partial charge in [0.2, 0.25) is 5.82 Å². The number of carbonyl (C=O) groups is 3. The smallest absolute Gasteiger partial charge is 0.302 e. The third-order valence-corrected chi connectivity index (χ3v) is 8.30. The van der Waals surface area contributed by atoms with E-state index in [0.717, 1.165) is 48.4 Å². The van der Waals surface area contributed by atoms with Crippen LogP contribution in [0.1, 0.15) is 67.2 Å². The second-order valence-electron chi connectivity index (χ2n) is 11.3. The molecule has 3 rings (SSSR count). The molecular weight excluding hydrogens is 528 g/mol. The van der Waals surface area contributed by atoms with E-state index in [1.165, 1.54) is 13.8 Å². The molecule has 0 saturated heterocycles. The zero-order valence-corrected chi connectivity index (χ0v) is 25.2. The first kappa shape index (κ1) is 31.1. The maximum atomic E-state index is 13.4. The van der Waals surface area contributed by atoms with Crippen LogP contribution in [0.4, 0.5) is 11.5 Å². The number of nitrogens with two attached hydrogens (primary N) is 1. The molecule has 1 aliphatic carbocycles. The van der Waals surface area contributed by atoms with E-state index in [4.69, 9.17) is 19.9 Å². The van der Waals surface area contributed by atoms with Crippen molar-refractivity contribution < 1.29 is 28.6 Å². The average Bonchev–Trinajstić information content (AvgIpc) is 3.27. The standard InChI is InChI=1S/C29H42N4O6Si/c1-20(34)38-17-24(18-39-21(2)35)23-11-12-26(25(15-23)22-9-7-6-8-10-22)31-29(36)28-32-27(30)16-33(28)19-37-13-14-40(3,4)5/h9,11-12,15-16,24H,6-8,10,13-14,17-19,30H2,1-5H3,(H,31,36). The van der Waals surface area contributed by atoms with Crippen molar-refractivity contribution in [1.82, 2.24) is 9.55 Å². The molecule has 1 aromatic carbocycles. The molecule has 218 valence electrons. The van der Waals surface area contributed by atoms with Crippen LogP contribution in [0.5, 0.6) is 0 Å². The van der Waals surface area contributed by atoms with Gasteiger partial charge in [-0.3, -0.25) is 14.4 Å². The summed E-state index contributed by atoms with van der Waals surface area (Å²) in [5.41, 5.74) is 9.41. The Kier molecular flexibility index (Phi) is 11.1. The number of nitrogen functional groups attached to an aromatic ring is 1. The SMILES string of the molecule is CC(=O)OCC(COC(C)=O)c1ccc(NC(=O)c2nc(N)cn2COCC[Si](C)(C)C)c(C2=CCCCC2)c1. The molecular formula is C29H42N4O6Si. The van der Waals surface area contributed by atoms with Crippen molar-refractivity contribution >= 4 is 43.0 Å². The molecule has 0 aliphatic heterocycles. The van der Waals surface area contributed by atoms with E-state index in [0.29, 0.717) is 12.3 Å². The van der Waals surface area contributed by atoms with Gasteiger partial charge in [0.15, 0.2) is 0 Å². The second-order valence-corrected chi connectivity index (χ2v) is 17.0. The van der Waals surface area contributed by atoms with E-state index >= 15 is 0 Å². The fourth-order valence-corrected chi connectivity index (χ4v) is 5.14. The third-order valence-electron chi connectivity index (χ3n) is 6.60. The summed E-state index contributed by atoms with van der Waals surface area (Å²) in [6.07, 6.45) is 7.77. The number of benzene rings is 1. The van der Waals surface area contributed by atoms with Crippen molar-refractivity contribution in [2.45, 2.75) is 77.9 Å². The minimum atomic E-state index is -1.24. The van der Waals surface area contributed by atoms with Gasteiger partial charge in [-0.2, -0.15) is 0 Å². The molecule has 0 atom stereocenters. The van der Waals surface area contributed by atoms with Gasteiger partial charge in [0.1, 0.15) is 25.8 Å². The predicted octanol–water partition coefficient (Wildman–Crippen LogP) is 5.20. The van der Waals surface area contributed by atoms with Crippen molar-refractivity contribution in [3.63, 3.8) is 0 Å². The number of rotatable bonds is 13. The lowest BCUT2D eigenvalue weighted by molar-refractivity contribution is -0.144. The lowest BCUT2D eigenvalue weighted by atomic mass is 9.89. The number of hydrogen-bond acceptors (Lipinski definition) is 8. The first-order chi connectivity index (χ1) is 18.9. The molecule has 2 aromatic rings. The summed E-state index contributed by atoms with van der Waals surface area (Å²) >= 11 is 0. The summed E-state index contributed by atoms with van der Waals surface area (Å²) in [6.45, 7) is 10.5. The normalized spacial score (nSPS) is 13.6. The fourth-order valence-electron chi connectivity index (χ4n) is 4.38. The van der Waals surface area contributed by atoms with Gasteiger partial charge in [-0.15, -0.1) is 0 Å². The highest BCUT2D eigenvalue weighted by atomic mass is 28.3. The zero-order chi connectivity index (χ0) is 29.3. The molecule has 0 saturated carbocycles. The van der Waals surface area contributed by atoms with Crippen LogP contribution in [-0.4, -0.2) is 55.3 Å². The van der Waals surface area contributed by atoms with Gasteiger partial charge in [-0.1, -0.05) is 31.8 Å². The van der Waals surface area contributed by atoms with Crippen molar-refractivity contribution in [1.29, 1.82) is 0 Å². The van der Waals surface area contributed by atoms with E-state index in [1.54, 1.807) is 10.8 Å². The van der Waals surface area contributed by atoms with Gasteiger partial charge in [-0.05, 0) is 55.0 Å². The molecule has 40 heavy (non-hydrogen) atoms. The number of amides is 1. The molecule has 0 radical (unpaired) electrons.